The van der Waals surface area contributed by atoms with Gasteiger partial charge in [-0.15, -0.1) is 0 Å². The lowest BCUT2D eigenvalue weighted by atomic mass is 10.1. The molecule has 0 saturated heterocycles. The minimum atomic E-state index is 0.0215. The molecule has 0 unspecified atom stereocenters. The molecule has 25 heavy (non-hydrogen) atoms. The summed E-state index contributed by atoms with van der Waals surface area (Å²) >= 11 is 3.68. The SMILES string of the molecule is CN[C@H]1C/C=C/CCC(=O)Nc2cc(C)ccc2-c2nc1n(C)c2Br. The van der Waals surface area contributed by atoms with Gasteiger partial charge in [-0.25, -0.2) is 4.98 Å². The first kappa shape index (κ1) is 17.9. The fourth-order valence-electron chi connectivity index (χ4n) is 3.08. The van der Waals surface area contributed by atoms with Crippen molar-refractivity contribution in [2.45, 2.75) is 32.2 Å². The molecule has 132 valence electrons. The Morgan fingerprint density at radius 2 is 2.16 bits per heavy atom. The highest BCUT2D eigenvalue weighted by atomic mass is 79.9. The maximum absolute atomic E-state index is 12.3. The molecule has 2 heterocycles. The number of hydrogen-bond donors (Lipinski definition) is 2. The van der Waals surface area contributed by atoms with Crippen LogP contribution in [-0.2, 0) is 11.8 Å². The van der Waals surface area contributed by atoms with E-state index in [1.807, 2.05) is 39.2 Å². The van der Waals surface area contributed by atoms with Crippen LogP contribution >= 0.6 is 15.9 Å². The van der Waals surface area contributed by atoms with Crippen LogP contribution in [0.25, 0.3) is 11.3 Å². The average Bonchev–Trinajstić information content (AvgIpc) is 2.87. The third kappa shape index (κ3) is 3.70. The predicted molar refractivity (Wildman–Crippen MR) is 105 cm³/mol. The first-order valence-corrected chi connectivity index (χ1v) is 9.25. The number of halogens is 1. The molecule has 0 fully saturated rings. The van der Waals surface area contributed by atoms with Crippen LogP contribution in [-0.4, -0.2) is 22.5 Å². The summed E-state index contributed by atoms with van der Waals surface area (Å²) in [6, 6.07) is 6.18. The highest BCUT2D eigenvalue weighted by Gasteiger charge is 2.22. The summed E-state index contributed by atoms with van der Waals surface area (Å²) in [7, 11) is 3.95. The Kier molecular flexibility index (Phi) is 5.39. The van der Waals surface area contributed by atoms with E-state index in [1.54, 1.807) is 0 Å². The molecular weight excluding hydrogens is 380 g/mol. The van der Waals surface area contributed by atoms with Gasteiger partial charge in [0.2, 0.25) is 5.91 Å². The topological polar surface area (TPSA) is 59.0 Å². The third-order valence-corrected chi connectivity index (χ3v) is 5.41. The van der Waals surface area contributed by atoms with Gasteiger partial charge in [-0.3, -0.25) is 4.79 Å². The maximum atomic E-state index is 12.3. The Labute approximate surface area is 156 Å². The van der Waals surface area contributed by atoms with Gasteiger partial charge < -0.3 is 15.2 Å². The van der Waals surface area contributed by atoms with Crippen LogP contribution in [0, 0.1) is 6.92 Å². The molecule has 1 aliphatic rings. The van der Waals surface area contributed by atoms with Gasteiger partial charge in [-0.1, -0.05) is 24.3 Å². The quantitative estimate of drug-likeness (QED) is 0.705. The largest absolute Gasteiger partial charge is 0.325 e. The van der Waals surface area contributed by atoms with Crippen molar-refractivity contribution >= 4 is 27.5 Å². The molecule has 1 amide bonds. The van der Waals surface area contributed by atoms with E-state index in [2.05, 4.69) is 43.3 Å². The number of nitrogens with one attached hydrogen (secondary N) is 2. The molecule has 1 aromatic carbocycles. The van der Waals surface area contributed by atoms with Gasteiger partial charge in [-0.05, 0) is 54.4 Å². The zero-order valence-corrected chi connectivity index (χ0v) is 16.4. The van der Waals surface area contributed by atoms with Crippen LogP contribution in [0.1, 0.15) is 36.7 Å². The summed E-state index contributed by atoms with van der Waals surface area (Å²) in [4.78, 5) is 17.2. The second-order valence-corrected chi connectivity index (χ2v) is 7.10. The lowest BCUT2D eigenvalue weighted by Crippen LogP contribution is -2.19. The summed E-state index contributed by atoms with van der Waals surface area (Å²) in [5.74, 6) is 0.985. The van der Waals surface area contributed by atoms with Gasteiger partial charge in [0.25, 0.3) is 0 Å². The van der Waals surface area contributed by atoms with Crippen molar-refractivity contribution in [2.24, 2.45) is 7.05 Å². The van der Waals surface area contributed by atoms with Crippen LogP contribution < -0.4 is 10.6 Å². The number of rotatable bonds is 1. The second-order valence-electron chi connectivity index (χ2n) is 6.35. The monoisotopic (exact) mass is 402 g/mol. The molecule has 5 nitrogen and oxygen atoms in total. The van der Waals surface area contributed by atoms with E-state index in [4.69, 9.17) is 4.98 Å². The molecular formula is C19H23BrN4O. The number of anilines is 1. The van der Waals surface area contributed by atoms with Crippen LogP contribution in [0.3, 0.4) is 0 Å². The van der Waals surface area contributed by atoms with Crippen molar-refractivity contribution in [3.8, 4) is 11.3 Å². The van der Waals surface area contributed by atoms with Crippen LogP contribution in [0.4, 0.5) is 5.69 Å². The molecule has 2 aromatic rings. The lowest BCUT2D eigenvalue weighted by Gasteiger charge is -2.14. The Morgan fingerprint density at radius 3 is 2.92 bits per heavy atom. The van der Waals surface area contributed by atoms with Crippen molar-refractivity contribution in [3.63, 3.8) is 0 Å². The summed E-state index contributed by atoms with van der Waals surface area (Å²) in [5.41, 5.74) is 3.68. The summed E-state index contributed by atoms with van der Waals surface area (Å²) in [5, 5.41) is 6.39. The molecule has 3 rings (SSSR count). The van der Waals surface area contributed by atoms with Crippen molar-refractivity contribution < 1.29 is 4.79 Å². The summed E-state index contributed by atoms with van der Waals surface area (Å²) in [6.45, 7) is 2.02. The van der Waals surface area contributed by atoms with Crippen LogP contribution in [0.15, 0.2) is 35.0 Å². The van der Waals surface area contributed by atoms with Crippen molar-refractivity contribution in [1.29, 1.82) is 0 Å². The second kappa shape index (κ2) is 7.54. The molecule has 6 heteroatoms. The Hall–Kier alpha value is -1.92. The smallest absolute Gasteiger partial charge is 0.224 e. The van der Waals surface area contributed by atoms with Crippen molar-refractivity contribution in [3.05, 3.63) is 46.3 Å². The number of nitrogens with zero attached hydrogens (tertiary/aromatic N) is 2. The number of hydrogen-bond acceptors (Lipinski definition) is 3. The lowest BCUT2D eigenvalue weighted by molar-refractivity contribution is -0.116. The molecule has 1 aromatic heterocycles. The number of benzene rings is 1. The molecule has 1 atom stereocenters. The van der Waals surface area contributed by atoms with E-state index in [1.165, 1.54) is 0 Å². The Balaban J connectivity index is 2.18. The Morgan fingerprint density at radius 1 is 1.36 bits per heavy atom. The summed E-state index contributed by atoms with van der Waals surface area (Å²) < 4.78 is 2.96. The molecule has 0 saturated carbocycles. The van der Waals surface area contributed by atoms with E-state index < -0.39 is 0 Å². The van der Waals surface area contributed by atoms with E-state index >= 15 is 0 Å². The van der Waals surface area contributed by atoms with Crippen LogP contribution in [0.2, 0.25) is 0 Å². The number of aryl methyl sites for hydroxylation is 1. The molecule has 0 spiro atoms. The minimum absolute atomic E-state index is 0.0215. The number of aromatic nitrogens is 2. The number of allylic oxidation sites excluding steroid dienone is 1. The number of carbonyl (C=O) groups is 1. The Bertz CT molecular complexity index is 825. The molecule has 0 aliphatic carbocycles. The van der Waals surface area contributed by atoms with Gasteiger partial charge in [0.1, 0.15) is 16.1 Å². The maximum Gasteiger partial charge on any atom is 0.224 e. The number of carbonyl (C=O) groups excluding carboxylic acids is 1. The van der Waals surface area contributed by atoms with Gasteiger partial charge in [0, 0.05) is 19.0 Å². The highest BCUT2D eigenvalue weighted by Crippen LogP contribution is 2.36. The minimum Gasteiger partial charge on any atom is -0.325 e. The number of amides is 1. The molecule has 1 aliphatic heterocycles. The van der Waals surface area contributed by atoms with Crippen LogP contribution in [0.5, 0.6) is 0 Å². The molecule has 0 radical (unpaired) electrons. The highest BCUT2D eigenvalue weighted by molar-refractivity contribution is 9.10. The molecule has 2 N–H and O–H groups in total. The fourth-order valence-corrected chi connectivity index (χ4v) is 3.56. The van der Waals surface area contributed by atoms with Crippen molar-refractivity contribution in [2.75, 3.05) is 12.4 Å². The van der Waals surface area contributed by atoms with E-state index in [-0.39, 0.29) is 11.9 Å². The van der Waals surface area contributed by atoms with E-state index in [0.29, 0.717) is 6.42 Å². The number of fused-ring (bicyclic) bond motifs is 4. The first-order valence-electron chi connectivity index (χ1n) is 8.46. The normalized spacial score (nSPS) is 19.2. The van der Waals surface area contributed by atoms with E-state index in [9.17, 15) is 4.79 Å². The van der Waals surface area contributed by atoms with E-state index in [0.717, 1.165) is 45.8 Å². The zero-order chi connectivity index (χ0) is 18.0. The standard InChI is InChI=1S/C19H23BrN4O/c1-12-9-10-13-15(11-12)22-16(25)8-6-4-5-7-14(21-2)19-23-17(13)18(20)24(19)3/h4-5,9-11,14,21H,6-8H2,1-3H3,(H,22,25)/b5-4+/t14-/m0/s1. The zero-order valence-electron chi connectivity index (χ0n) is 14.8. The van der Waals surface area contributed by atoms with Gasteiger partial charge in [0.15, 0.2) is 0 Å². The average molecular weight is 403 g/mol. The van der Waals surface area contributed by atoms with Gasteiger partial charge >= 0.3 is 0 Å². The third-order valence-electron chi connectivity index (χ3n) is 4.50. The molecule has 2 bridgehead atoms. The van der Waals surface area contributed by atoms with Crippen molar-refractivity contribution in [1.82, 2.24) is 14.9 Å². The first-order chi connectivity index (χ1) is 12.0. The predicted octanol–water partition coefficient (Wildman–Crippen LogP) is 4.10. The number of imidazole rings is 1. The van der Waals surface area contributed by atoms with Gasteiger partial charge in [-0.2, -0.15) is 0 Å². The van der Waals surface area contributed by atoms with Gasteiger partial charge in [0.05, 0.1) is 11.7 Å². The summed E-state index contributed by atoms with van der Waals surface area (Å²) in [6.07, 6.45) is 6.22. The fraction of sp³-hybridized carbons (Fsp3) is 0.368.